The predicted octanol–water partition coefficient (Wildman–Crippen LogP) is 1.78. The molecule has 80 valence electrons. The Morgan fingerprint density at radius 1 is 1.00 bits per heavy atom. The van der Waals surface area contributed by atoms with Crippen molar-refractivity contribution < 1.29 is 18.1 Å². The number of rotatable bonds is 1. The van der Waals surface area contributed by atoms with Gasteiger partial charge in [-0.15, -0.1) is 0 Å². The van der Waals surface area contributed by atoms with Crippen molar-refractivity contribution in [2.24, 2.45) is 0 Å². The van der Waals surface area contributed by atoms with Gasteiger partial charge in [0.15, 0.2) is 0 Å². The molecule has 2 fully saturated rings. The molecule has 3 heterocycles. The minimum absolute atomic E-state index is 0.550. The number of allylic oxidation sites excluding steroid dienone is 2. The van der Waals surface area contributed by atoms with Crippen LogP contribution in [0.25, 0.3) is 0 Å². The first-order valence-electron chi connectivity index (χ1n) is 4.80. The van der Waals surface area contributed by atoms with E-state index in [1.807, 2.05) is 18.5 Å². The van der Waals surface area contributed by atoms with Gasteiger partial charge in [-0.1, -0.05) is 0 Å². The van der Waals surface area contributed by atoms with E-state index in [2.05, 4.69) is 0 Å². The van der Waals surface area contributed by atoms with Gasteiger partial charge in [-0.05, 0) is 0 Å². The van der Waals surface area contributed by atoms with Crippen LogP contribution in [-0.4, -0.2) is 31.0 Å². The summed E-state index contributed by atoms with van der Waals surface area (Å²) < 4.78 is 25.0. The zero-order chi connectivity index (χ0) is 9.84. The van der Waals surface area contributed by atoms with Gasteiger partial charge in [0.2, 0.25) is 0 Å². The molecule has 0 N–H and O–H groups in total. The first-order valence-corrected chi connectivity index (χ1v) is 6.66. The summed E-state index contributed by atoms with van der Waals surface area (Å²) in [5.41, 5.74) is 0. The molecule has 0 atom stereocenters. The van der Waals surface area contributed by atoms with Gasteiger partial charge >= 0.3 is 82.1 Å². The number of hydrogen-bond donors (Lipinski definition) is 0. The molecule has 3 rings (SSSR count). The van der Waals surface area contributed by atoms with Crippen LogP contribution < -0.4 is 0 Å². The molecule has 3 aliphatic rings. The summed E-state index contributed by atoms with van der Waals surface area (Å²) in [6.07, 6.45) is 0. The second kappa shape index (κ2) is 2.42. The van der Waals surface area contributed by atoms with Crippen molar-refractivity contribution in [1.29, 1.82) is 0 Å². The Bertz CT molecular complexity index is 301. The Kier molecular flexibility index (Phi) is 1.54. The fourth-order valence-electron chi connectivity index (χ4n) is 1.78. The maximum absolute atomic E-state index is 5.80. The summed E-state index contributed by atoms with van der Waals surface area (Å²) in [4.78, 5) is 0. The molecule has 1 spiro atoms. The Labute approximate surface area is 82.9 Å². The first-order chi connectivity index (χ1) is 6.64. The van der Waals surface area contributed by atoms with E-state index in [0.717, 1.165) is 24.6 Å². The minimum atomic E-state index is -3.33. The van der Waals surface area contributed by atoms with E-state index < -0.39 is 7.66 Å². The second-order valence-corrected chi connectivity index (χ2v) is 6.68. The van der Waals surface area contributed by atoms with Crippen LogP contribution in [0.2, 0.25) is 0 Å². The molecule has 3 aliphatic heterocycles. The number of hydrogen-bond acceptors (Lipinski definition) is 5. The summed E-state index contributed by atoms with van der Waals surface area (Å²) >= 11 is 0. The van der Waals surface area contributed by atoms with Crippen LogP contribution in [0.3, 0.4) is 0 Å². The van der Waals surface area contributed by atoms with Gasteiger partial charge in [-0.2, -0.15) is 0 Å². The van der Waals surface area contributed by atoms with Crippen LogP contribution in [-0.2, 0) is 18.1 Å². The van der Waals surface area contributed by atoms with Gasteiger partial charge in [0.1, 0.15) is 0 Å². The summed E-state index contributed by atoms with van der Waals surface area (Å²) in [5, 5.41) is 0. The van der Waals surface area contributed by atoms with Crippen LogP contribution in [0.5, 0.6) is 0 Å². The van der Waals surface area contributed by atoms with Crippen molar-refractivity contribution in [3.8, 4) is 0 Å². The topological polar surface area (TPSA) is 39.9 Å². The van der Waals surface area contributed by atoms with Crippen molar-refractivity contribution in [3.05, 3.63) is 11.5 Å². The average molecular weight is 219 g/mol. The fourth-order valence-corrected chi connectivity index (χ4v) is 5.33. The Balaban J connectivity index is 1.99. The molecule has 6 heteroatoms. The normalized spacial score (nSPS) is 36.3. The third-order valence-electron chi connectivity index (χ3n) is 2.66. The Morgan fingerprint density at radius 2 is 1.50 bits per heavy atom. The first kappa shape index (κ1) is 8.92. The molecule has 0 saturated carbocycles. The summed E-state index contributed by atoms with van der Waals surface area (Å²) in [6.45, 7) is 6.72. The van der Waals surface area contributed by atoms with E-state index in [1.165, 1.54) is 0 Å². The fraction of sp³-hybridized carbons (Fsp3) is 0.750. The van der Waals surface area contributed by atoms with Gasteiger partial charge in [-0.25, -0.2) is 0 Å². The zero-order valence-electron chi connectivity index (χ0n) is 8.36. The van der Waals surface area contributed by atoms with E-state index in [-0.39, 0.29) is 0 Å². The van der Waals surface area contributed by atoms with Gasteiger partial charge in [0, 0.05) is 0 Å². The van der Waals surface area contributed by atoms with E-state index in [1.54, 1.807) is 0 Å². The summed E-state index contributed by atoms with van der Waals surface area (Å²) in [6, 6.07) is 0. The van der Waals surface area contributed by atoms with E-state index >= 15 is 0 Å². The Hall–Kier alpha value is -0.350. The van der Waals surface area contributed by atoms with Crippen LogP contribution in [0.15, 0.2) is 11.5 Å². The van der Waals surface area contributed by atoms with E-state index in [9.17, 15) is 0 Å². The monoisotopic (exact) mass is 219 g/mol. The van der Waals surface area contributed by atoms with Gasteiger partial charge in [0.05, 0.1) is 0 Å². The van der Waals surface area contributed by atoms with Crippen molar-refractivity contribution in [1.82, 2.24) is 4.67 Å². The van der Waals surface area contributed by atoms with Crippen LogP contribution in [0.4, 0.5) is 0 Å². The quantitative estimate of drug-likeness (QED) is 0.496. The molecule has 0 unspecified atom stereocenters. The van der Waals surface area contributed by atoms with Crippen molar-refractivity contribution in [3.63, 3.8) is 0 Å². The average Bonchev–Trinajstić information content (AvgIpc) is 2.88. The third-order valence-corrected chi connectivity index (χ3v) is 6.37. The van der Waals surface area contributed by atoms with Crippen molar-refractivity contribution in [2.75, 3.05) is 26.3 Å². The van der Waals surface area contributed by atoms with Crippen LogP contribution >= 0.6 is 7.66 Å². The van der Waals surface area contributed by atoms with E-state index in [4.69, 9.17) is 18.1 Å². The van der Waals surface area contributed by atoms with E-state index in [0.29, 0.717) is 13.2 Å². The molecule has 0 aromatic carbocycles. The molecule has 2 saturated heterocycles. The summed E-state index contributed by atoms with van der Waals surface area (Å²) in [7, 11) is -3.33. The molecule has 0 radical (unpaired) electrons. The molecule has 0 aromatic heterocycles. The Morgan fingerprint density at radius 3 is 1.93 bits per heavy atom. The van der Waals surface area contributed by atoms with Gasteiger partial charge in [-0.3, -0.25) is 0 Å². The summed E-state index contributed by atoms with van der Waals surface area (Å²) in [5.74, 6) is 1.55. The molecule has 0 aromatic rings. The van der Waals surface area contributed by atoms with Gasteiger partial charge < -0.3 is 0 Å². The zero-order valence-corrected chi connectivity index (χ0v) is 9.25. The molecular weight excluding hydrogens is 205 g/mol. The molecule has 0 bridgehead atoms. The van der Waals surface area contributed by atoms with Crippen LogP contribution in [0, 0.1) is 0 Å². The van der Waals surface area contributed by atoms with Crippen LogP contribution in [0.1, 0.15) is 13.8 Å². The van der Waals surface area contributed by atoms with Crippen molar-refractivity contribution >= 4 is 7.66 Å². The predicted molar refractivity (Wildman–Crippen MR) is 50.9 cm³/mol. The third kappa shape index (κ3) is 0.932. The molecule has 0 aliphatic carbocycles. The maximum atomic E-state index is 5.80. The standard InChI is InChI=1S/C8H14NO4P/c1-7-8(2)13-14(12-7,9-3-4-9)10-5-6-11-14/h3-6H2,1-2H3. The molecule has 14 heavy (non-hydrogen) atoms. The SMILES string of the molecule is CC1=C(C)OP2(N3CC3)(OCCO2)O1. The molecule has 0 amide bonds. The van der Waals surface area contributed by atoms with Crippen molar-refractivity contribution in [2.45, 2.75) is 13.8 Å². The number of nitrogens with zero attached hydrogens (tertiary/aromatic N) is 1. The van der Waals surface area contributed by atoms with Gasteiger partial charge in [0.25, 0.3) is 0 Å². The molecular formula is C8H14NO4P. The molecule has 5 nitrogen and oxygen atoms in total. The second-order valence-electron chi connectivity index (χ2n) is 3.69.